The van der Waals surface area contributed by atoms with Crippen LogP contribution >= 0.6 is 23.4 Å². The van der Waals surface area contributed by atoms with Crippen molar-refractivity contribution in [2.45, 2.75) is 17.3 Å². The van der Waals surface area contributed by atoms with Gasteiger partial charge in [0.05, 0.1) is 16.9 Å². The predicted molar refractivity (Wildman–Crippen MR) is 105 cm³/mol. The lowest BCUT2D eigenvalue weighted by molar-refractivity contribution is 0.627. The van der Waals surface area contributed by atoms with Gasteiger partial charge in [-0.15, -0.1) is 0 Å². The second-order valence-corrected chi connectivity index (χ2v) is 7.67. The molecule has 0 amide bonds. The summed E-state index contributed by atoms with van der Waals surface area (Å²) in [5.74, 6) is -0.461. The number of H-pyrrole nitrogens is 1. The van der Waals surface area contributed by atoms with Gasteiger partial charge < -0.3 is 4.98 Å². The van der Waals surface area contributed by atoms with Crippen molar-refractivity contribution in [1.82, 2.24) is 19.7 Å². The fourth-order valence-corrected chi connectivity index (χ4v) is 3.81. The van der Waals surface area contributed by atoms with Crippen molar-refractivity contribution in [3.05, 3.63) is 81.5 Å². The van der Waals surface area contributed by atoms with Gasteiger partial charge >= 0.3 is 0 Å². The lowest BCUT2D eigenvalue weighted by Gasteiger charge is -2.11. The minimum absolute atomic E-state index is 0.0685. The van der Waals surface area contributed by atoms with E-state index in [-0.39, 0.29) is 15.8 Å². The zero-order valence-corrected chi connectivity index (χ0v) is 15.8. The molecule has 0 aliphatic carbocycles. The zero-order chi connectivity index (χ0) is 19.0. The number of rotatable bonds is 4. The fraction of sp³-hybridized carbons (Fsp3) is 0.105. The molecule has 8 heteroatoms. The third-order valence-electron chi connectivity index (χ3n) is 4.12. The molecule has 0 saturated heterocycles. The molecule has 136 valence electrons. The normalized spacial score (nSPS) is 12.4. The Morgan fingerprint density at radius 1 is 1.22 bits per heavy atom. The SMILES string of the molecule is CC(Sc1nc2c(cnn2-c2ccccc2)c(=O)[nH]1)c1ccc(F)c(Cl)c1. The van der Waals surface area contributed by atoms with Crippen LogP contribution in [0.3, 0.4) is 0 Å². The molecule has 0 aliphatic rings. The summed E-state index contributed by atoms with van der Waals surface area (Å²) in [6.45, 7) is 1.94. The van der Waals surface area contributed by atoms with E-state index in [2.05, 4.69) is 15.1 Å². The van der Waals surface area contributed by atoms with E-state index in [0.29, 0.717) is 16.2 Å². The second kappa shape index (κ2) is 7.17. The number of hydrogen-bond donors (Lipinski definition) is 1. The Bertz CT molecular complexity index is 1180. The molecule has 4 rings (SSSR count). The molecule has 1 unspecified atom stereocenters. The highest BCUT2D eigenvalue weighted by Gasteiger charge is 2.15. The fourth-order valence-electron chi connectivity index (χ4n) is 2.71. The monoisotopic (exact) mass is 400 g/mol. The van der Waals surface area contributed by atoms with Crippen molar-refractivity contribution >= 4 is 34.4 Å². The van der Waals surface area contributed by atoms with Crippen LogP contribution in [0.5, 0.6) is 0 Å². The van der Waals surface area contributed by atoms with Crippen molar-refractivity contribution < 1.29 is 4.39 Å². The maximum Gasteiger partial charge on any atom is 0.262 e. The van der Waals surface area contributed by atoms with Crippen molar-refractivity contribution in [3.8, 4) is 5.69 Å². The van der Waals surface area contributed by atoms with Gasteiger partial charge in [0.2, 0.25) is 0 Å². The van der Waals surface area contributed by atoms with Crippen LogP contribution in [0.25, 0.3) is 16.7 Å². The van der Waals surface area contributed by atoms with E-state index < -0.39 is 5.82 Å². The molecule has 0 radical (unpaired) electrons. The molecular weight excluding hydrogens is 387 g/mol. The van der Waals surface area contributed by atoms with Gasteiger partial charge in [0.1, 0.15) is 11.2 Å². The number of nitrogens with zero attached hydrogens (tertiary/aromatic N) is 3. The number of aromatic nitrogens is 4. The smallest absolute Gasteiger partial charge is 0.262 e. The van der Waals surface area contributed by atoms with E-state index in [0.717, 1.165) is 11.3 Å². The minimum Gasteiger partial charge on any atom is -0.301 e. The second-order valence-electron chi connectivity index (χ2n) is 5.93. The number of fused-ring (bicyclic) bond motifs is 1. The summed E-state index contributed by atoms with van der Waals surface area (Å²) in [6.07, 6.45) is 1.51. The number of nitrogens with one attached hydrogen (secondary N) is 1. The Hall–Kier alpha value is -2.64. The first kappa shape index (κ1) is 17.8. The Balaban J connectivity index is 1.72. The van der Waals surface area contributed by atoms with E-state index in [1.54, 1.807) is 16.8 Å². The summed E-state index contributed by atoms with van der Waals surface area (Å²) in [5, 5.41) is 5.15. The zero-order valence-electron chi connectivity index (χ0n) is 14.2. The Labute approximate surface area is 163 Å². The molecule has 27 heavy (non-hydrogen) atoms. The lowest BCUT2D eigenvalue weighted by atomic mass is 10.2. The molecule has 0 aliphatic heterocycles. The first-order valence-electron chi connectivity index (χ1n) is 8.18. The highest BCUT2D eigenvalue weighted by molar-refractivity contribution is 7.99. The highest BCUT2D eigenvalue weighted by atomic mass is 35.5. The number of para-hydroxylation sites is 1. The number of aromatic amines is 1. The van der Waals surface area contributed by atoms with E-state index in [1.165, 1.54) is 24.0 Å². The molecule has 5 nitrogen and oxygen atoms in total. The molecule has 4 aromatic rings. The van der Waals surface area contributed by atoms with Crippen LogP contribution in [0.4, 0.5) is 4.39 Å². The minimum atomic E-state index is -0.461. The van der Waals surface area contributed by atoms with Gasteiger partial charge in [-0.05, 0) is 36.8 Å². The summed E-state index contributed by atoms with van der Waals surface area (Å²) in [6, 6.07) is 14.1. The van der Waals surface area contributed by atoms with Gasteiger partial charge in [0.25, 0.3) is 5.56 Å². The van der Waals surface area contributed by atoms with Crippen LogP contribution in [0.2, 0.25) is 5.02 Å². The molecular formula is C19H14ClFN4OS. The molecule has 1 N–H and O–H groups in total. The van der Waals surface area contributed by atoms with Gasteiger partial charge in [0, 0.05) is 5.25 Å². The summed E-state index contributed by atoms with van der Waals surface area (Å²) in [4.78, 5) is 19.8. The number of thioether (sulfide) groups is 1. The molecule has 0 fully saturated rings. The first-order chi connectivity index (χ1) is 13.0. The summed E-state index contributed by atoms with van der Waals surface area (Å²) in [5.41, 5.74) is 1.89. The van der Waals surface area contributed by atoms with Crippen LogP contribution in [0.15, 0.2) is 64.7 Å². The van der Waals surface area contributed by atoms with Gasteiger partial charge in [-0.2, -0.15) is 5.10 Å². The van der Waals surface area contributed by atoms with Crippen LogP contribution in [-0.4, -0.2) is 19.7 Å². The first-order valence-corrected chi connectivity index (χ1v) is 9.44. The lowest BCUT2D eigenvalue weighted by Crippen LogP contribution is -2.10. The van der Waals surface area contributed by atoms with E-state index in [9.17, 15) is 9.18 Å². The number of hydrogen-bond acceptors (Lipinski definition) is 4. The summed E-state index contributed by atoms with van der Waals surface area (Å²) in [7, 11) is 0. The van der Waals surface area contributed by atoms with Gasteiger partial charge in [0.15, 0.2) is 10.8 Å². The molecule has 2 heterocycles. The Morgan fingerprint density at radius 2 is 2.00 bits per heavy atom. The number of halogens is 2. The van der Waals surface area contributed by atoms with Crippen LogP contribution in [0.1, 0.15) is 17.7 Å². The van der Waals surface area contributed by atoms with Crippen molar-refractivity contribution in [2.24, 2.45) is 0 Å². The Morgan fingerprint density at radius 3 is 2.74 bits per heavy atom. The maximum absolute atomic E-state index is 13.4. The topological polar surface area (TPSA) is 63.6 Å². The molecule has 1 atom stereocenters. The average molecular weight is 401 g/mol. The predicted octanol–water partition coefficient (Wildman–Crippen LogP) is 4.75. The molecule has 0 saturated carbocycles. The van der Waals surface area contributed by atoms with Crippen LogP contribution in [0, 0.1) is 5.82 Å². The summed E-state index contributed by atoms with van der Waals surface area (Å²) < 4.78 is 15.0. The van der Waals surface area contributed by atoms with E-state index >= 15 is 0 Å². The standard InChI is InChI=1S/C19H14ClFN4OS/c1-11(12-7-8-16(21)15(20)9-12)27-19-23-17-14(18(26)24-19)10-22-25(17)13-5-3-2-4-6-13/h2-11H,1H3,(H,23,24,26). The van der Waals surface area contributed by atoms with Gasteiger partial charge in [-0.3, -0.25) is 4.79 Å². The van der Waals surface area contributed by atoms with E-state index in [1.807, 2.05) is 37.3 Å². The Kier molecular flexibility index (Phi) is 4.72. The third kappa shape index (κ3) is 3.48. The van der Waals surface area contributed by atoms with Gasteiger partial charge in [-0.25, -0.2) is 14.1 Å². The molecule has 0 bridgehead atoms. The molecule has 0 spiro atoms. The maximum atomic E-state index is 13.4. The largest absolute Gasteiger partial charge is 0.301 e. The van der Waals surface area contributed by atoms with Crippen molar-refractivity contribution in [1.29, 1.82) is 0 Å². The molecule has 2 aromatic carbocycles. The van der Waals surface area contributed by atoms with E-state index in [4.69, 9.17) is 11.6 Å². The average Bonchev–Trinajstić information content (AvgIpc) is 3.09. The molecule has 2 aromatic heterocycles. The van der Waals surface area contributed by atoms with Gasteiger partial charge in [-0.1, -0.05) is 47.6 Å². The summed E-state index contributed by atoms with van der Waals surface area (Å²) >= 11 is 7.23. The third-order valence-corrected chi connectivity index (χ3v) is 5.45. The highest BCUT2D eigenvalue weighted by Crippen LogP contribution is 2.34. The number of benzene rings is 2. The van der Waals surface area contributed by atoms with Crippen LogP contribution in [-0.2, 0) is 0 Å². The van der Waals surface area contributed by atoms with Crippen molar-refractivity contribution in [3.63, 3.8) is 0 Å². The van der Waals surface area contributed by atoms with Crippen molar-refractivity contribution in [2.75, 3.05) is 0 Å². The van der Waals surface area contributed by atoms with Crippen LogP contribution < -0.4 is 5.56 Å². The quantitative estimate of drug-likeness (QED) is 0.396.